The van der Waals surface area contributed by atoms with Gasteiger partial charge in [-0.2, -0.15) is 5.10 Å². The van der Waals surface area contributed by atoms with Gasteiger partial charge in [-0.3, -0.25) is 24.0 Å². The summed E-state index contributed by atoms with van der Waals surface area (Å²) in [5.41, 5.74) is 3.45. The molecule has 0 atom stereocenters. The topological polar surface area (TPSA) is 118 Å². The van der Waals surface area contributed by atoms with E-state index in [0.717, 1.165) is 11.1 Å². The largest absolute Gasteiger partial charge is 0.348 e. The minimum absolute atomic E-state index is 0.106. The molecular weight excluding hydrogens is 444 g/mol. The fourth-order valence-electron chi connectivity index (χ4n) is 3.49. The summed E-state index contributed by atoms with van der Waals surface area (Å²) < 4.78 is 1.53. The molecule has 2 aromatic heterocycles. The van der Waals surface area contributed by atoms with Crippen LogP contribution in [0.1, 0.15) is 31.8 Å². The van der Waals surface area contributed by atoms with Crippen LogP contribution in [0.3, 0.4) is 0 Å². The van der Waals surface area contributed by atoms with Crippen molar-refractivity contribution in [3.05, 3.63) is 108 Å². The summed E-state index contributed by atoms with van der Waals surface area (Å²) in [5.74, 6) is -0.856. The Morgan fingerprint density at radius 1 is 0.886 bits per heavy atom. The van der Waals surface area contributed by atoms with Crippen molar-refractivity contribution in [3.63, 3.8) is 0 Å². The number of rotatable bonds is 8. The van der Waals surface area contributed by atoms with Crippen LogP contribution in [0.2, 0.25) is 0 Å². The summed E-state index contributed by atoms with van der Waals surface area (Å²) in [6, 6.07) is 17.4. The molecule has 0 bridgehead atoms. The molecule has 0 aliphatic rings. The molecule has 3 amide bonds. The van der Waals surface area contributed by atoms with Crippen molar-refractivity contribution in [2.45, 2.75) is 20.0 Å². The van der Waals surface area contributed by atoms with Crippen molar-refractivity contribution in [1.29, 1.82) is 0 Å². The molecule has 0 spiro atoms. The molecule has 176 valence electrons. The third-order valence-corrected chi connectivity index (χ3v) is 5.23. The van der Waals surface area contributed by atoms with Gasteiger partial charge in [-0.05, 0) is 54.4 Å². The van der Waals surface area contributed by atoms with E-state index in [2.05, 4.69) is 26.0 Å². The van der Waals surface area contributed by atoms with Crippen LogP contribution in [0, 0.1) is 6.92 Å². The Labute approximate surface area is 202 Å². The summed E-state index contributed by atoms with van der Waals surface area (Å²) in [6.45, 7) is 2.18. The lowest BCUT2D eigenvalue weighted by Gasteiger charge is -2.14. The molecule has 0 saturated carbocycles. The van der Waals surface area contributed by atoms with Gasteiger partial charge < -0.3 is 16.0 Å². The second-order valence-corrected chi connectivity index (χ2v) is 7.82. The number of hydrogen-bond donors (Lipinski definition) is 3. The Morgan fingerprint density at radius 3 is 2.46 bits per heavy atom. The van der Waals surface area contributed by atoms with Gasteiger partial charge in [0.2, 0.25) is 5.91 Å². The lowest BCUT2D eigenvalue weighted by atomic mass is 10.1. The van der Waals surface area contributed by atoms with Crippen LogP contribution in [-0.2, 0) is 17.9 Å². The molecule has 2 heterocycles. The highest BCUT2D eigenvalue weighted by atomic mass is 16.2. The number of nitrogens with zero attached hydrogens (tertiary/aromatic N) is 3. The van der Waals surface area contributed by atoms with Crippen molar-refractivity contribution >= 4 is 29.1 Å². The Kier molecular flexibility index (Phi) is 7.27. The maximum absolute atomic E-state index is 13.0. The average Bonchev–Trinajstić information content (AvgIpc) is 3.37. The molecule has 0 unspecified atom stereocenters. The number of carbonyl (C=O) groups excluding carboxylic acids is 3. The SMILES string of the molecule is Cc1cccc(C(=O)NCc2cccc(NC(=O)Cn3cccn3)c2)c1NC(=O)c1ccncc1. The molecule has 4 rings (SSSR count). The summed E-state index contributed by atoms with van der Waals surface area (Å²) in [6.07, 6.45) is 6.40. The molecule has 9 nitrogen and oxygen atoms in total. The molecule has 35 heavy (non-hydrogen) atoms. The number of carbonyl (C=O) groups is 3. The highest BCUT2D eigenvalue weighted by Gasteiger charge is 2.16. The van der Waals surface area contributed by atoms with Gasteiger partial charge in [-0.25, -0.2) is 0 Å². The van der Waals surface area contributed by atoms with E-state index in [-0.39, 0.29) is 30.8 Å². The van der Waals surface area contributed by atoms with Crippen molar-refractivity contribution in [3.8, 4) is 0 Å². The molecule has 3 N–H and O–H groups in total. The second kappa shape index (κ2) is 10.9. The highest BCUT2D eigenvalue weighted by molar-refractivity contribution is 6.09. The average molecular weight is 469 g/mol. The number of hydrogen-bond acceptors (Lipinski definition) is 5. The zero-order chi connectivity index (χ0) is 24.6. The van der Waals surface area contributed by atoms with Crippen LogP contribution in [0.5, 0.6) is 0 Å². The standard InChI is InChI=1S/C26H24N6O3/c1-18-5-2-8-22(24(18)31-25(34)20-9-12-27-13-10-20)26(35)28-16-19-6-3-7-21(15-19)30-23(33)17-32-14-4-11-29-32/h2-15H,16-17H2,1H3,(H,28,35)(H,30,33)(H,31,34). The van der Waals surface area contributed by atoms with Gasteiger partial charge in [-0.1, -0.05) is 24.3 Å². The number of aromatic nitrogens is 3. The lowest BCUT2D eigenvalue weighted by molar-refractivity contribution is -0.116. The van der Waals surface area contributed by atoms with Gasteiger partial charge in [0, 0.05) is 42.6 Å². The predicted molar refractivity (Wildman–Crippen MR) is 132 cm³/mol. The fourth-order valence-corrected chi connectivity index (χ4v) is 3.49. The first-order valence-electron chi connectivity index (χ1n) is 10.9. The molecule has 0 aliphatic carbocycles. The van der Waals surface area contributed by atoms with E-state index in [1.54, 1.807) is 60.9 Å². The van der Waals surface area contributed by atoms with E-state index in [4.69, 9.17) is 0 Å². The third-order valence-electron chi connectivity index (χ3n) is 5.23. The van der Waals surface area contributed by atoms with Crippen LogP contribution in [-0.4, -0.2) is 32.5 Å². The lowest BCUT2D eigenvalue weighted by Crippen LogP contribution is -2.25. The highest BCUT2D eigenvalue weighted by Crippen LogP contribution is 2.22. The molecule has 0 fully saturated rings. The van der Waals surface area contributed by atoms with Crippen LogP contribution >= 0.6 is 0 Å². The molecule has 0 saturated heterocycles. The van der Waals surface area contributed by atoms with Gasteiger partial charge in [0.05, 0.1) is 11.3 Å². The van der Waals surface area contributed by atoms with Crippen molar-refractivity contribution in [1.82, 2.24) is 20.1 Å². The fraction of sp³-hybridized carbons (Fsp3) is 0.115. The zero-order valence-electron chi connectivity index (χ0n) is 19.1. The van der Waals surface area contributed by atoms with Crippen LogP contribution < -0.4 is 16.0 Å². The quantitative estimate of drug-likeness (QED) is 0.366. The molecule has 9 heteroatoms. The third kappa shape index (κ3) is 6.17. The van der Waals surface area contributed by atoms with Gasteiger partial charge in [0.1, 0.15) is 6.54 Å². The smallest absolute Gasteiger partial charge is 0.255 e. The minimum Gasteiger partial charge on any atom is -0.348 e. The molecule has 0 aliphatic heterocycles. The Hall–Kier alpha value is -4.79. The van der Waals surface area contributed by atoms with Crippen LogP contribution in [0.15, 0.2) is 85.5 Å². The number of pyridine rings is 1. The van der Waals surface area contributed by atoms with Crippen molar-refractivity contribution in [2.24, 2.45) is 0 Å². The van der Waals surface area contributed by atoms with E-state index in [1.165, 1.54) is 17.1 Å². The second-order valence-electron chi connectivity index (χ2n) is 7.82. The maximum atomic E-state index is 13.0. The number of aryl methyl sites for hydroxylation is 1. The van der Waals surface area contributed by atoms with E-state index >= 15 is 0 Å². The van der Waals surface area contributed by atoms with E-state index in [0.29, 0.717) is 22.5 Å². The molecule has 2 aromatic carbocycles. The Morgan fingerprint density at radius 2 is 1.69 bits per heavy atom. The number of nitrogens with one attached hydrogen (secondary N) is 3. The summed E-state index contributed by atoms with van der Waals surface area (Å²) in [4.78, 5) is 41.8. The van der Waals surface area contributed by atoms with E-state index in [9.17, 15) is 14.4 Å². The van der Waals surface area contributed by atoms with Gasteiger partial charge in [-0.15, -0.1) is 0 Å². The van der Waals surface area contributed by atoms with Gasteiger partial charge in [0.25, 0.3) is 11.8 Å². The Balaban J connectivity index is 1.41. The number of benzene rings is 2. The summed E-state index contributed by atoms with van der Waals surface area (Å²) in [5, 5.41) is 12.6. The van der Waals surface area contributed by atoms with Crippen molar-refractivity contribution < 1.29 is 14.4 Å². The maximum Gasteiger partial charge on any atom is 0.255 e. The van der Waals surface area contributed by atoms with E-state index in [1.807, 2.05) is 19.1 Å². The first kappa shape index (κ1) is 23.4. The number of anilines is 2. The summed E-state index contributed by atoms with van der Waals surface area (Å²) in [7, 11) is 0. The Bertz CT molecular complexity index is 1340. The van der Waals surface area contributed by atoms with Crippen LogP contribution in [0.4, 0.5) is 11.4 Å². The normalized spacial score (nSPS) is 10.4. The van der Waals surface area contributed by atoms with Gasteiger partial charge in [0.15, 0.2) is 0 Å². The minimum atomic E-state index is -0.327. The van der Waals surface area contributed by atoms with Gasteiger partial charge >= 0.3 is 0 Å². The monoisotopic (exact) mass is 468 g/mol. The number of amides is 3. The molecule has 0 radical (unpaired) electrons. The zero-order valence-corrected chi connectivity index (χ0v) is 19.1. The molecule has 4 aromatic rings. The first-order valence-corrected chi connectivity index (χ1v) is 10.9. The molecular formula is C26H24N6O3. The van der Waals surface area contributed by atoms with Crippen molar-refractivity contribution in [2.75, 3.05) is 10.6 Å². The predicted octanol–water partition coefficient (Wildman–Crippen LogP) is 3.41. The van der Waals surface area contributed by atoms with E-state index < -0.39 is 0 Å². The van der Waals surface area contributed by atoms with Crippen LogP contribution in [0.25, 0.3) is 0 Å². The summed E-state index contributed by atoms with van der Waals surface area (Å²) >= 11 is 0. The number of para-hydroxylation sites is 1. The first-order chi connectivity index (χ1) is 17.0.